The van der Waals surface area contributed by atoms with E-state index in [9.17, 15) is 14.9 Å². The maximum absolute atomic E-state index is 12.1. The van der Waals surface area contributed by atoms with E-state index in [0.717, 1.165) is 6.42 Å². The van der Waals surface area contributed by atoms with Crippen molar-refractivity contribution in [3.8, 4) is 0 Å². The lowest BCUT2D eigenvalue weighted by Gasteiger charge is -2.16. The van der Waals surface area contributed by atoms with E-state index in [1.807, 2.05) is 7.05 Å². The van der Waals surface area contributed by atoms with Crippen LogP contribution in [0, 0.1) is 10.1 Å². The highest BCUT2D eigenvalue weighted by molar-refractivity contribution is 5.80. The number of amides is 1. The largest absolute Gasteiger partial charge is 0.341 e. The van der Waals surface area contributed by atoms with Crippen LogP contribution in [0.2, 0.25) is 0 Å². The number of hydrogen-bond donors (Lipinski definition) is 1. The fourth-order valence-corrected chi connectivity index (χ4v) is 2.34. The summed E-state index contributed by atoms with van der Waals surface area (Å²) in [7, 11) is 1.88. The first-order valence-electron chi connectivity index (χ1n) is 6.29. The predicted molar refractivity (Wildman–Crippen MR) is 70.8 cm³/mol. The molecule has 0 saturated carbocycles. The molecule has 1 amide bonds. The van der Waals surface area contributed by atoms with Crippen LogP contribution in [0.25, 0.3) is 0 Å². The molecule has 1 heterocycles. The zero-order valence-corrected chi connectivity index (χ0v) is 10.8. The van der Waals surface area contributed by atoms with Crippen molar-refractivity contribution in [2.24, 2.45) is 0 Å². The van der Waals surface area contributed by atoms with Crippen molar-refractivity contribution in [2.45, 2.75) is 18.9 Å². The number of nitro benzene ring substituents is 1. The lowest BCUT2D eigenvalue weighted by Crippen LogP contribution is -2.34. The summed E-state index contributed by atoms with van der Waals surface area (Å²) in [6.45, 7) is 1.39. The minimum absolute atomic E-state index is 0.0141. The Bertz CT molecular complexity index is 490. The van der Waals surface area contributed by atoms with E-state index >= 15 is 0 Å². The van der Waals surface area contributed by atoms with E-state index < -0.39 is 4.92 Å². The number of para-hydroxylation sites is 1. The van der Waals surface area contributed by atoms with Crippen LogP contribution in [0.3, 0.4) is 0 Å². The number of carbonyl (C=O) groups is 1. The van der Waals surface area contributed by atoms with E-state index in [2.05, 4.69) is 5.32 Å². The van der Waals surface area contributed by atoms with Crippen molar-refractivity contribution in [2.75, 3.05) is 20.1 Å². The fraction of sp³-hybridized carbons (Fsp3) is 0.462. The molecule has 1 atom stereocenters. The Kier molecular flexibility index (Phi) is 4.11. The summed E-state index contributed by atoms with van der Waals surface area (Å²) < 4.78 is 0. The molecular weight excluding hydrogens is 246 g/mol. The summed E-state index contributed by atoms with van der Waals surface area (Å²) in [6, 6.07) is 6.73. The quantitative estimate of drug-likeness (QED) is 0.648. The van der Waals surface area contributed by atoms with E-state index in [-0.39, 0.29) is 18.0 Å². The molecule has 1 aliphatic rings. The lowest BCUT2D eigenvalue weighted by atomic mass is 10.1. The smallest absolute Gasteiger partial charge is 0.273 e. The Morgan fingerprint density at radius 3 is 2.89 bits per heavy atom. The zero-order chi connectivity index (χ0) is 13.8. The Hall–Kier alpha value is -1.95. The standard InChI is InChI=1S/C13H17N3O3/c1-14-11-6-7-15(9-11)13(17)8-10-4-2-3-5-12(10)16(18)19/h2-5,11,14H,6-9H2,1H3. The fourth-order valence-electron chi connectivity index (χ4n) is 2.34. The predicted octanol–water partition coefficient (Wildman–Crippen LogP) is 0.958. The number of nitrogens with zero attached hydrogens (tertiary/aromatic N) is 2. The maximum Gasteiger partial charge on any atom is 0.273 e. The van der Waals surface area contributed by atoms with Gasteiger partial charge in [-0.25, -0.2) is 0 Å². The summed E-state index contributed by atoms with van der Waals surface area (Å²) in [5, 5.41) is 14.0. The molecule has 6 nitrogen and oxygen atoms in total. The second-order valence-corrected chi connectivity index (χ2v) is 4.68. The number of carbonyl (C=O) groups excluding carboxylic acids is 1. The molecule has 19 heavy (non-hydrogen) atoms. The van der Waals surface area contributed by atoms with Crippen molar-refractivity contribution in [1.82, 2.24) is 10.2 Å². The summed E-state index contributed by atoms with van der Waals surface area (Å²) in [5.74, 6) is -0.0490. The van der Waals surface area contributed by atoms with Crippen LogP contribution in [0.15, 0.2) is 24.3 Å². The molecule has 0 aliphatic carbocycles. The van der Waals surface area contributed by atoms with Gasteiger partial charge in [0.05, 0.1) is 11.3 Å². The van der Waals surface area contributed by atoms with Crippen molar-refractivity contribution >= 4 is 11.6 Å². The number of nitro groups is 1. The van der Waals surface area contributed by atoms with Crippen LogP contribution in [0.4, 0.5) is 5.69 Å². The third kappa shape index (κ3) is 3.08. The van der Waals surface area contributed by atoms with Crippen LogP contribution in [0.5, 0.6) is 0 Å². The van der Waals surface area contributed by atoms with Gasteiger partial charge in [0.25, 0.3) is 5.69 Å². The summed E-state index contributed by atoms with van der Waals surface area (Å²) >= 11 is 0. The maximum atomic E-state index is 12.1. The Morgan fingerprint density at radius 1 is 1.53 bits per heavy atom. The molecule has 0 aromatic heterocycles. The minimum Gasteiger partial charge on any atom is -0.341 e. The topological polar surface area (TPSA) is 75.5 Å². The highest BCUT2D eigenvalue weighted by Crippen LogP contribution is 2.20. The van der Waals surface area contributed by atoms with Gasteiger partial charge in [0.1, 0.15) is 0 Å². The second-order valence-electron chi connectivity index (χ2n) is 4.68. The van der Waals surface area contributed by atoms with Gasteiger partial charge in [0.15, 0.2) is 0 Å². The van der Waals surface area contributed by atoms with Gasteiger partial charge in [-0.3, -0.25) is 14.9 Å². The van der Waals surface area contributed by atoms with Crippen LogP contribution in [-0.4, -0.2) is 41.9 Å². The van der Waals surface area contributed by atoms with Gasteiger partial charge in [-0.05, 0) is 13.5 Å². The molecular formula is C13H17N3O3. The molecule has 1 aromatic carbocycles. The molecule has 1 N–H and O–H groups in total. The molecule has 1 unspecified atom stereocenters. The number of benzene rings is 1. The number of rotatable bonds is 4. The molecule has 102 valence electrons. The van der Waals surface area contributed by atoms with E-state index in [0.29, 0.717) is 24.7 Å². The first-order chi connectivity index (χ1) is 9.11. The molecule has 6 heteroatoms. The summed E-state index contributed by atoms with van der Waals surface area (Å²) in [6.07, 6.45) is 1.02. The van der Waals surface area contributed by atoms with Gasteiger partial charge in [0.2, 0.25) is 5.91 Å². The van der Waals surface area contributed by atoms with Gasteiger partial charge in [-0.1, -0.05) is 18.2 Å². The Morgan fingerprint density at radius 2 is 2.26 bits per heavy atom. The van der Waals surface area contributed by atoms with Crippen LogP contribution >= 0.6 is 0 Å². The summed E-state index contributed by atoms with van der Waals surface area (Å²) in [5.41, 5.74) is 0.491. The minimum atomic E-state index is -0.441. The third-order valence-electron chi connectivity index (χ3n) is 3.48. The van der Waals surface area contributed by atoms with Crippen molar-refractivity contribution < 1.29 is 9.72 Å². The first-order valence-corrected chi connectivity index (χ1v) is 6.29. The normalized spacial score (nSPS) is 18.6. The van der Waals surface area contributed by atoms with Crippen molar-refractivity contribution in [3.63, 3.8) is 0 Å². The van der Waals surface area contributed by atoms with E-state index in [1.165, 1.54) is 6.07 Å². The van der Waals surface area contributed by atoms with Gasteiger partial charge >= 0.3 is 0 Å². The highest BCUT2D eigenvalue weighted by atomic mass is 16.6. The van der Waals surface area contributed by atoms with Crippen LogP contribution in [-0.2, 0) is 11.2 Å². The Labute approximate surface area is 111 Å². The van der Waals surface area contributed by atoms with Gasteiger partial charge in [0, 0.05) is 30.8 Å². The average molecular weight is 263 g/mol. The summed E-state index contributed by atoms with van der Waals surface area (Å²) in [4.78, 5) is 24.3. The molecule has 1 saturated heterocycles. The van der Waals surface area contributed by atoms with Gasteiger partial charge in [-0.2, -0.15) is 0 Å². The van der Waals surface area contributed by atoms with Crippen molar-refractivity contribution in [1.29, 1.82) is 0 Å². The molecule has 0 spiro atoms. The van der Waals surface area contributed by atoms with Gasteiger partial charge in [-0.15, -0.1) is 0 Å². The monoisotopic (exact) mass is 263 g/mol. The second kappa shape index (κ2) is 5.79. The SMILES string of the molecule is CNC1CCN(C(=O)Cc2ccccc2[N+](=O)[O-])C1. The molecule has 0 radical (unpaired) electrons. The average Bonchev–Trinajstić information content (AvgIpc) is 2.88. The Balaban J connectivity index is 2.05. The van der Waals surface area contributed by atoms with Gasteiger partial charge < -0.3 is 10.2 Å². The molecule has 1 aliphatic heterocycles. The molecule has 0 bridgehead atoms. The lowest BCUT2D eigenvalue weighted by molar-refractivity contribution is -0.385. The third-order valence-corrected chi connectivity index (χ3v) is 3.48. The van der Waals surface area contributed by atoms with Crippen LogP contribution < -0.4 is 5.32 Å². The molecule has 1 fully saturated rings. The van der Waals surface area contributed by atoms with E-state index in [1.54, 1.807) is 23.1 Å². The number of likely N-dealkylation sites (tertiary alicyclic amines) is 1. The highest BCUT2D eigenvalue weighted by Gasteiger charge is 2.26. The van der Waals surface area contributed by atoms with Crippen LogP contribution in [0.1, 0.15) is 12.0 Å². The number of hydrogen-bond acceptors (Lipinski definition) is 4. The number of nitrogens with one attached hydrogen (secondary N) is 1. The van der Waals surface area contributed by atoms with E-state index in [4.69, 9.17) is 0 Å². The first kappa shape index (κ1) is 13.5. The molecule has 2 rings (SSSR count). The molecule has 1 aromatic rings. The zero-order valence-electron chi connectivity index (χ0n) is 10.8. The van der Waals surface area contributed by atoms with Crippen molar-refractivity contribution in [3.05, 3.63) is 39.9 Å². The number of likely N-dealkylation sites (N-methyl/N-ethyl adjacent to an activating group) is 1.